The fraction of sp³-hybridized carbons (Fsp3) is 1.00. The van der Waals surface area contributed by atoms with E-state index in [1.54, 1.807) is 0 Å². The molecule has 4 heteroatoms. The molecule has 1 aliphatic rings. The Morgan fingerprint density at radius 2 is 2.15 bits per heavy atom. The van der Waals surface area contributed by atoms with Crippen LogP contribution in [0.3, 0.4) is 0 Å². The van der Waals surface area contributed by atoms with Crippen LogP contribution >= 0.6 is 0 Å². The number of hydrogen-bond donors (Lipinski definition) is 1. The second-order valence-corrected chi connectivity index (χ2v) is 6.42. The van der Waals surface area contributed by atoms with Gasteiger partial charge in [-0.3, -0.25) is 0 Å². The van der Waals surface area contributed by atoms with Gasteiger partial charge in [0.2, 0.25) is 0 Å². The molecular formula is C9H19NO2S. The van der Waals surface area contributed by atoms with Crippen LogP contribution in [-0.4, -0.2) is 32.5 Å². The smallest absolute Gasteiger partial charge is 0.152 e. The second kappa shape index (κ2) is 4.42. The summed E-state index contributed by atoms with van der Waals surface area (Å²) in [5.41, 5.74) is 0. The Bertz CT molecular complexity index is 240. The Hall–Kier alpha value is -0.0900. The van der Waals surface area contributed by atoms with Crippen LogP contribution in [0, 0.1) is 5.92 Å². The third kappa shape index (κ3) is 4.09. The maximum Gasteiger partial charge on any atom is 0.152 e. The van der Waals surface area contributed by atoms with Crippen LogP contribution < -0.4 is 5.32 Å². The standard InChI is InChI=1S/C9H19NO2S/c1-8(2)6-13(11,12)7-9-4-3-5-10-9/h8-10H,3-7H2,1-2H3/t9-/m1/s1. The molecule has 0 bridgehead atoms. The molecule has 1 heterocycles. The summed E-state index contributed by atoms with van der Waals surface area (Å²) in [6, 6.07) is 0.212. The van der Waals surface area contributed by atoms with Crippen LogP contribution in [0.4, 0.5) is 0 Å². The number of sulfone groups is 1. The first-order chi connectivity index (χ1) is 5.99. The number of nitrogens with one attached hydrogen (secondary N) is 1. The molecule has 0 aromatic rings. The van der Waals surface area contributed by atoms with Gasteiger partial charge in [0.25, 0.3) is 0 Å². The van der Waals surface area contributed by atoms with Gasteiger partial charge in [0.1, 0.15) is 0 Å². The Morgan fingerprint density at radius 3 is 2.62 bits per heavy atom. The molecule has 1 aliphatic heterocycles. The quantitative estimate of drug-likeness (QED) is 0.739. The van der Waals surface area contributed by atoms with E-state index in [0.717, 1.165) is 19.4 Å². The van der Waals surface area contributed by atoms with Crippen LogP contribution in [0.5, 0.6) is 0 Å². The molecule has 13 heavy (non-hydrogen) atoms. The minimum atomic E-state index is -2.83. The average Bonchev–Trinajstić information content (AvgIpc) is 2.34. The lowest BCUT2D eigenvalue weighted by Crippen LogP contribution is -2.31. The van der Waals surface area contributed by atoms with E-state index in [9.17, 15) is 8.42 Å². The van der Waals surface area contributed by atoms with E-state index in [4.69, 9.17) is 0 Å². The monoisotopic (exact) mass is 205 g/mol. The molecular weight excluding hydrogens is 186 g/mol. The molecule has 1 fully saturated rings. The van der Waals surface area contributed by atoms with Crippen LogP contribution in [0.25, 0.3) is 0 Å². The van der Waals surface area contributed by atoms with Crippen molar-refractivity contribution >= 4 is 9.84 Å². The highest BCUT2D eigenvalue weighted by molar-refractivity contribution is 7.91. The molecule has 1 atom stereocenters. The Labute approximate surface area is 80.8 Å². The summed E-state index contributed by atoms with van der Waals surface area (Å²) < 4.78 is 23.1. The molecule has 1 saturated heterocycles. The summed E-state index contributed by atoms with van der Waals surface area (Å²) in [5.74, 6) is 0.891. The predicted octanol–water partition coefficient (Wildman–Crippen LogP) is 0.809. The molecule has 0 aliphatic carbocycles. The van der Waals surface area contributed by atoms with Crippen molar-refractivity contribution in [3.05, 3.63) is 0 Å². The summed E-state index contributed by atoms with van der Waals surface area (Å²) >= 11 is 0. The van der Waals surface area contributed by atoms with Crippen LogP contribution in [0.2, 0.25) is 0 Å². The van der Waals surface area contributed by atoms with Gasteiger partial charge in [-0.25, -0.2) is 8.42 Å². The molecule has 78 valence electrons. The normalized spacial score (nSPS) is 24.1. The third-order valence-corrected chi connectivity index (χ3v) is 4.29. The van der Waals surface area contributed by atoms with E-state index in [0.29, 0.717) is 11.5 Å². The Morgan fingerprint density at radius 1 is 1.46 bits per heavy atom. The fourth-order valence-electron chi connectivity index (χ4n) is 1.78. The first kappa shape index (κ1) is 11.0. The zero-order valence-electron chi connectivity index (χ0n) is 8.41. The lowest BCUT2D eigenvalue weighted by atomic mass is 10.3. The van der Waals surface area contributed by atoms with Crippen LogP contribution in [-0.2, 0) is 9.84 Å². The molecule has 1 rings (SSSR count). The molecule has 0 unspecified atom stereocenters. The van der Waals surface area contributed by atoms with Gasteiger partial charge < -0.3 is 5.32 Å². The van der Waals surface area contributed by atoms with E-state index in [1.165, 1.54) is 0 Å². The molecule has 1 N–H and O–H groups in total. The minimum Gasteiger partial charge on any atom is -0.313 e. The van der Waals surface area contributed by atoms with Gasteiger partial charge in [0, 0.05) is 6.04 Å². The largest absolute Gasteiger partial charge is 0.313 e. The van der Waals surface area contributed by atoms with Crippen molar-refractivity contribution < 1.29 is 8.42 Å². The molecule has 3 nitrogen and oxygen atoms in total. The molecule has 0 amide bonds. The molecule has 0 aromatic carbocycles. The van der Waals surface area contributed by atoms with Crippen molar-refractivity contribution in [1.82, 2.24) is 5.32 Å². The lowest BCUT2D eigenvalue weighted by Gasteiger charge is -2.11. The van der Waals surface area contributed by atoms with Crippen LogP contribution in [0.15, 0.2) is 0 Å². The van der Waals surface area contributed by atoms with Gasteiger partial charge in [-0.05, 0) is 25.3 Å². The second-order valence-electron chi connectivity index (χ2n) is 4.26. The first-order valence-corrected chi connectivity index (χ1v) is 6.75. The van der Waals surface area contributed by atoms with E-state index in [1.807, 2.05) is 13.8 Å². The summed E-state index contributed by atoms with van der Waals surface area (Å²) in [6.07, 6.45) is 2.12. The fourth-order valence-corrected chi connectivity index (χ4v) is 3.83. The third-order valence-electron chi connectivity index (χ3n) is 2.20. The molecule has 0 radical (unpaired) electrons. The Kier molecular flexibility index (Phi) is 3.74. The average molecular weight is 205 g/mol. The maximum absolute atomic E-state index is 11.6. The van der Waals surface area contributed by atoms with Gasteiger partial charge in [-0.15, -0.1) is 0 Å². The highest BCUT2D eigenvalue weighted by Crippen LogP contribution is 2.10. The van der Waals surface area contributed by atoms with Gasteiger partial charge >= 0.3 is 0 Å². The molecule has 0 spiro atoms. The van der Waals surface area contributed by atoms with Gasteiger partial charge in [0.15, 0.2) is 9.84 Å². The number of hydrogen-bond acceptors (Lipinski definition) is 3. The van der Waals surface area contributed by atoms with Crippen molar-refractivity contribution in [3.63, 3.8) is 0 Å². The van der Waals surface area contributed by atoms with Crippen molar-refractivity contribution in [2.45, 2.75) is 32.7 Å². The lowest BCUT2D eigenvalue weighted by molar-refractivity contribution is 0.565. The van der Waals surface area contributed by atoms with E-state index in [2.05, 4.69) is 5.32 Å². The Balaban J connectivity index is 2.41. The van der Waals surface area contributed by atoms with E-state index >= 15 is 0 Å². The van der Waals surface area contributed by atoms with Crippen molar-refractivity contribution in [2.24, 2.45) is 5.92 Å². The highest BCUT2D eigenvalue weighted by atomic mass is 32.2. The maximum atomic E-state index is 11.6. The van der Waals surface area contributed by atoms with Crippen LogP contribution in [0.1, 0.15) is 26.7 Å². The zero-order chi connectivity index (χ0) is 9.90. The van der Waals surface area contributed by atoms with Gasteiger partial charge in [-0.2, -0.15) is 0 Å². The highest BCUT2D eigenvalue weighted by Gasteiger charge is 2.22. The number of rotatable bonds is 4. The van der Waals surface area contributed by atoms with Crippen molar-refractivity contribution in [1.29, 1.82) is 0 Å². The van der Waals surface area contributed by atoms with Gasteiger partial charge in [-0.1, -0.05) is 13.8 Å². The predicted molar refractivity (Wildman–Crippen MR) is 54.5 cm³/mol. The topological polar surface area (TPSA) is 46.2 Å². The summed E-state index contributed by atoms with van der Waals surface area (Å²) in [4.78, 5) is 0. The van der Waals surface area contributed by atoms with Crippen molar-refractivity contribution in [2.75, 3.05) is 18.1 Å². The molecule has 0 aromatic heterocycles. The zero-order valence-corrected chi connectivity index (χ0v) is 9.23. The van der Waals surface area contributed by atoms with Crippen molar-refractivity contribution in [3.8, 4) is 0 Å². The minimum absolute atomic E-state index is 0.212. The summed E-state index contributed by atoms with van der Waals surface area (Å²) in [6.45, 7) is 4.86. The summed E-state index contributed by atoms with van der Waals surface area (Å²) in [5, 5.41) is 3.21. The van der Waals surface area contributed by atoms with E-state index < -0.39 is 9.84 Å². The van der Waals surface area contributed by atoms with E-state index in [-0.39, 0.29) is 12.0 Å². The van der Waals surface area contributed by atoms with Gasteiger partial charge in [0.05, 0.1) is 11.5 Å². The first-order valence-electron chi connectivity index (χ1n) is 4.93. The summed E-state index contributed by atoms with van der Waals surface area (Å²) in [7, 11) is -2.83. The SMILES string of the molecule is CC(C)CS(=O)(=O)C[C@H]1CCCN1. The molecule has 0 saturated carbocycles.